The second-order valence-electron chi connectivity index (χ2n) is 3.23. The molecule has 1 heterocycles. The van der Waals surface area contributed by atoms with Gasteiger partial charge in [0.1, 0.15) is 6.21 Å². The fourth-order valence-corrected chi connectivity index (χ4v) is 1.22. The summed E-state index contributed by atoms with van der Waals surface area (Å²) in [5.74, 6) is 0.0389. The van der Waals surface area contributed by atoms with Crippen molar-refractivity contribution >= 4 is 12.1 Å². The lowest BCUT2D eigenvalue weighted by Gasteiger charge is -1.98. The molecule has 0 atom stereocenters. The Morgan fingerprint density at radius 3 is 2.94 bits per heavy atom. The smallest absolute Gasteiger partial charge is 0.260 e. The zero-order chi connectivity index (χ0) is 11.9. The number of nitrogens with zero attached hydrogens (tertiary/aromatic N) is 3. The highest BCUT2D eigenvalue weighted by Crippen LogP contribution is 1.98. The summed E-state index contributed by atoms with van der Waals surface area (Å²) in [6, 6.07) is 9.41. The lowest BCUT2D eigenvalue weighted by molar-refractivity contribution is -0.120. The largest absolute Gasteiger partial charge is 0.423 e. The van der Waals surface area contributed by atoms with E-state index in [0.29, 0.717) is 0 Å². The molecule has 0 aliphatic rings. The van der Waals surface area contributed by atoms with Gasteiger partial charge in [0, 0.05) is 0 Å². The Morgan fingerprint density at radius 2 is 2.24 bits per heavy atom. The normalized spacial score (nSPS) is 10.6. The van der Waals surface area contributed by atoms with Crippen LogP contribution in [-0.4, -0.2) is 22.3 Å². The van der Waals surface area contributed by atoms with Crippen LogP contribution in [0.2, 0.25) is 0 Å². The van der Waals surface area contributed by atoms with Crippen LogP contribution in [0.5, 0.6) is 0 Å². The van der Waals surface area contributed by atoms with Crippen LogP contribution in [0.4, 0.5) is 0 Å². The van der Waals surface area contributed by atoms with E-state index < -0.39 is 0 Å². The average molecular weight is 230 g/mol. The van der Waals surface area contributed by atoms with Crippen molar-refractivity contribution in [2.24, 2.45) is 5.10 Å². The van der Waals surface area contributed by atoms with Crippen molar-refractivity contribution in [2.45, 2.75) is 6.42 Å². The maximum Gasteiger partial charge on any atom is 0.260 e. The van der Waals surface area contributed by atoms with Crippen molar-refractivity contribution in [3.8, 4) is 0 Å². The molecule has 0 unspecified atom stereocenters. The number of carbonyl (C=O) groups is 1. The van der Waals surface area contributed by atoms with Crippen molar-refractivity contribution < 1.29 is 9.21 Å². The molecular weight excluding hydrogens is 220 g/mol. The monoisotopic (exact) mass is 230 g/mol. The van der Waals surface area contributed by atoms with Crippen LogP contribution in [0.1, 0.15) is 11.5 Å². The molecule has 1 amide bonds. The van der Waals surface area contributed by atoms with Crippen LogP contribution < -0.4 is 5.43 Å². The van der Waals surface area contributed by atoms with Gasteiger partial charge in [0.2, 0.25) is 12.3 Å². The van der Waals surface area contributed by atoms with E-state index in [4.69, 9.17) is 4.42 Å². The second kappa shape index (κ2) is 5.55. The Bertz CT molecular complexity index is 493. The predicted octanol–water partition coefficient (Wildman–Crippen LogP) is 0.762. The third-order valence-corrected chi connectivity index (χ3v) is 1.95. The lowest BCUT2D eigenvalue weighted by atomic mass is 10.1. The molecule has 2 aromatic rings. The van der Waals surface area contributed by atoms with E-state index in [9.17, 15) is 4.79 Å². The standard InChI is InChI=1S/C11H10N4O2/c16-10(6-9-4-2-1-3-5-9)14-12-7-11-15-13-8-17-11/h1-5,7-8H,6H2,(H,14,16)/b12-7-. The number of hydrogen-bond acceptors (Lipinski definition) is 5. The Hall–Kier alpha value is -2.50. The van der Waals surface area contributed by atoms with Crippen LogP contribution in [-0.2, 0) is 11.2 Å². The first-order valence-corrected chi connectivity index (χ1v) is 4.96. The van der Waals surface area contributed by atoms with Crippen molar-refractivity contribution in [2.75, 3.05) is 0 Å². The molecule has 0 radical (unpaired) electrons. The highest BCUT2D eigenvalue weighted by atomic mass is 16.4. The molecule has 0 saturated carbocycles. The second-order valence-corrected chi connectivity index (χ2v) is 3.23. The number of hydrogen-bond donors (Lipinski definition) is 1. The number of rotatable bonds is 4. The van der Waals surface area contributed by atoms with Gasteiger partial charge in [0.15, 0.2) is 0 Å². The fourth-order valence-electron chi connectivity index (χ4n) is 1.22. The van der Waals surface area contributed by atoms with Gasteiger partial charge >= 0.3 is 0 Å². The van der Waals surface area contributed by atoms with E-state index >= 15 is 0 Å². The average Bonchev–Trinajstić information content (AvgIpc) is 2.83. The molecular formula is C11H10N4O2. The Morgan fingerprint density at radius 1 is 1.41 bits per heavy atom. The molecule has 86 valence electrons. The number of amides is 1. The van der Waals surface area contributed by atoms with Gasteiger partial charge in [-0.1, -0.05) is 30.3 Å². The van der Waals surface area contributed by atoms with Crippen LogP contribution in [0.3, 0.4) is 0 Å². The van der Waals surface area contributed by atoms with Gasteiger partial charge in [0.25, 0.3) is 5.89 Å². The summed E-state index contributed by atoms with van der Waals surface area (Å²) in [5, 5.41) is 10.7. The zero-order valence-corrected chi connectivity index (χ0v) is 8.91. The van der Waals surface area contributed by atoms with E-state index in [-0.39, 0.29) is 18.2 Å². The first kappa shape index (κ1) is 11.0. The van der Waals surface area contributed by atoms with Crippen LogP contribution >= 0.6 is 0 Å². The Labute approximate surface area is 97.4 Å². The van der Waals surface area contributed by atoms with Crippen LogP contribution in [0.15, 0.2) is 46.2 Å². The van der Waals surface area contributed by atoms with Crippen LogP contribution in [0, 0.1) is 0 Å². The molecule has 1 N–H and O–H groups in total. The molecule has 6 heteroatoms. The first-order chi connectivity index (χ1) is 8.34. The molecule has 0 spiro atoms. The molecule has 0 saturated heterocycles. The van der Waals surface area contributed by atoms with E-state index in [1.54, 1.807) is 0 Å². The van der Waals surface area contributed by atoms with Gasteiger partial charge in [-0.15, -0.1) is 10.2 Å². The quantitative estimate of drug-likeness (QED) is 0.621. The predicted molar refractivity (Wildman–Crippen MR) is 60.2 cm³/mol. The summed E-state index contributed by atoms with van der Waals surface area (Å²) < 4.78 is 4.81. The maximum atomic E-state index is 11.4. The molecule has 0 fully saturated rings. The van der Waals surface area contributed by atoms with Crippen molar-refractivity contribution in [1.29, 1.82) is 0 Å². The molecule has 6 nitrogen and oxygen atoms in total. The van der Waals surface area contributed by atoms with E-state index in [1.807, 2.05) is 30.3 Å². The third-order valence-electron chi connectivity index (χ3n) is 1.95. The first-order valence-electron chi connectivity index (χ1n) is 4.96. The van der Waals surface area contributed by atoms with Crippen molar-refractivity contribution in [3.05, 3.63) is 48.2 Å². The molecule has 2 rings (SSSR count). The molecule has 0 bridgehead atoms. The molecule has 0 aliphatic carbocycles. The molecule has 1 aromatic heterocycles. The highest BCUT2D eigenvalue weighted by molar-refractivity contribution is 5.80. The summed E-state index contributed by atoms with van der Waals surface area (Å²) in [7, 11) is 0. The van der Waals surface area contributed by atoms with Gasteiger partial charge in [-0.05, 0) is 5.56 Å². The van der Waals surface area contributed by atoms with Gasteiger partial charge < -0.3 is 4.42 Å². The SMILES string of the molecule is O=C(Cc1ccccc1)N/N=C\c1nnco1. The minimum absolute atomic E-state index is 0.202. The van der Waals surface area contributed by atoms with Crippen molar-refractivity contribution in [3.63, 3.8) is 0 Å². The minimum Gasteiger partial charge on any atom is -0.423 e. The number of aromatic nitrogens is 2. The number of nitrogens with one attached hydrogen (secondary N) is 1. The van der Waals surface area contributed by atoms with Gasteiger partial charge in [-0.2, -0.15) is 5.10 Å². The van der Waals surface area contributed by atoms with E-state index in [0.717, 1.165) is 5.56 Å². The van der Waals surface area contributed by atoms with E-state index in [1.165, 1.54) is 12.6 Å². The van der Waals surface area contributed by atoms with Gasteiger partial charge in [-0.25, -0.2) is 5.43 Å². The zero-order valence-electron chi connectivity index (χ0n) is 8.91. The topological polar surface area (TPSA) is 80.4 Å². The Balaban J connectivity index is 1.82. The number of benzene rings is 1. The Kier molecular flexibility index (Phi) is 3.59. The molecule has 17 heavy (non-hydrogen) atoms. The molecule has 1 aromatic carbocycles. The summed E-state index contributed by atoms with van der Waals surface area (Å²) in [6.07, 6.45) is 2.76. The third kappa shape index (κ3) is 3.53. The summed E-state index contributed by atoms with van der Waals surface area (Å²) in [4.78, 5) is 11.4. The summed E-state index contributed by atoms with van der Waals surface area (Å²) in [6.45, 7) is 0. The summed E-state index contributed by atoms with van der Waals surface area (Å²) >= 11 is 0. The van der Waals surface area contributed by atoms with E-state index in [2.05, 4.69) is 20.7 Å². The van der Waals surface area contributed by atoms with Crippen LogP contribution in [0.25, 0.3) is 0 Å². The lowest BCUT2D eigenvalue weighted by Crippen LogP contribution is -2.19. The minimum atomic E-state index is -0.202. The van der Waals surface area contributed by atoms with Gasteiger partial charge in [0.05, 0.1) is 6.42 Å². The summed E-state index contributed by atoms with van der Waals surface area (Å²) in [5.41, 5.74) is 3.30. The maximum absolute atomic E-state index is 11.4. The number of hydrazone groups is 1. The molecule has 0 aliphatic heterocycles. The highest BCUT2D eigenvalue weighted by Gasteiger charge is 2.00. The fraction of sp³-hybridized carbons (Fsp3) is 0.0909. The van der Waals surface area contributed by atoms with Gasteiger partial charge in [-0.3, -0.25) is 4.79 Å². The van der Waals surface area contributed by atoms with Crippen molar-refractivity contribution in [1.82, 2.24) is 15.6 Å². The number of carbonyl (C=O) groups excluding carboxylic acids is 1.